The molecule has 1 aromatic heterocycles. The third kappa shape index (κ3) is 3.81. The first-order chi connectivity index (χ1) is 12.5. The largest absolute Gasteiger partial charge is 0.455 e. The van der Waals surface area contributed by atoms with Crippen LogP contribution < -0.4 is 0 Å². The van der Waals surface area contributed by atoms with Crippen LogP contribution in [0.15, 0.2) is 16.5 Å². The van der Waals surface area contributed by atoms with Crippen molar-refractivity contribution in [2.75, 3.05) is 41.0 Å². The van der Waals surface area contributed by atoms with Gasteiger partial charge >= 0.3 is 0 Å². The van der Waals surface area contributed by atoms with Gasteiger partial charge in [-0.2, -0.15) is 0 Å². The number of aliphatic hydroxyl groups excluding tert-OH is 1. The number of hydrogen-bond acceptors (Lipinski definition) is 6. The van der Waals surface area contributed by atoms with Gasteiger partial charge in [-0.15, -0.1) is 0 Å². The summed E-state index contributed by atoms with van der Waals surface area (Å²) in [6.45, 7) is 1.67. The molecule has 1 saturated carbocycles. The van der Waals surface area contributed by atoms with Gasteiger partial charge < -0.3 is 28.8 Å². The quantitative estimate of drug-likeness (QED) is 0.788. The van der Waals surface area contributed by atoms with E-state index < -0.39 is 0 Å². The molecule has 7 nitrogen and oxygen atoms in total. The van der Waals surface area contributed by atoms with Crippen LogP contribution in [0.1, 0.15) is 42.0 Å². The number of carbonyl (C=O) groups excluding carboxylic acids is 1. The highest BCUT2D eigenvalue weighted by molar-refractivity contribution is 5.92. The first-order valence-corrected chi connectivity index (χ1v) is 9.31. The summed E-state index contributed by atoms with van der Waals surface area (Å²) >= 11 is 0. The highest BCUT2D eigenvalue weighted by Gasteiger charge is 2.53. The van der Waals surface area contributed by atoms with E-state index in [0.717, 1.165) is 31.4 Å². The van der Waals surface area contributed by atoms with Crippen molar-refractivity contribution in [3.63, 3.8) is 0 Å². The summed E-state index contributed by atoms with van der Waals surface area (Å²) in [7, 11) is 5.66. The van der Waals surface area contributed by atoms with E-state index in [0.29, 0.717) is 25.5 Å². The molecular formula is C19H30N2O5. The van der Waals surface area contributed by atoms with Gasteiger partial charge in [0, 0.05) is 13.7 Å². The lowest BCUT2D eigenvalue weighted by Crippen LogP contribution is -2.53. The minimum absolute atomic E-state index is 0.0142. The maximum absolute atomic E-state index is 13.1. The fourth-order valence-electron chi connectivity index (χ4n) is 4.31. The van der Waals surface area contributed by atoms with Crippen LogP contribution in [0.4, 0.5) is 0 Å². The van der Waals surface area contributed by atoms with Crippen molar-refractivity contribution in [2.45, 2.75) is 50.0 Å². The average Bonchev–Trinajstić information content (AvgIpc) is 3.23. The predicted molar refractivity (Wildman–Crippen MR) is 96.0 cm³/mol. The number of furan rings is 1. The smallest absolute Gasteiger partial charge is 0.289 e. The molecule has 0 bridgehead atoms. The van der Waals surface area contributed by atoms with E-state index in [1.807, 2.05) is 30.0 Å². The Morgan fingerprint density at radius 1 is 1.42 bits per heavy atom. The SMILES string of the molecule is CO[C@@]12CC[C@H](OCCO)C[C@@H]1N(C(=O)c1ccc(CN(C)C)o1)CC2. The number of hydrogen-bond donors (Lipinski definition) is 1. The third-order valence-corrected chi connectivity index (χ3v) is 5.59. The molecular weight excluding hydrogens is 336 g/mol. The van der Waals surface area contributed by atoms with Crippen molar-refractivity contribution < 1.29 is 23.8 Å². The van der Waals surface area contributed by atoms with Crippen LogP contribution in [0.5, 0.6) is 0 Å². The van der Waals surface area contributed by atoms with Gasteiger partial charge in [0.2, 0.25) is 0 Å². The molecule has 1 saturated heterocycles. The second-order valence-corrected chi connectivity index (χ2v) is 7.53. The Labute approximate surface area is 154 Å². The molecule has 2 heterocycles. The van der Waals surface area contributed by atoms with E-state index in [2.05, 4.69) is 0 Å². The van der Waals surface area contributed by atoms with Gasteiger partial charge in [-0.3, -0.25) is 4.79 Å². The van der Waals surface area contributed by atoms with E-state index in [4.69, 9.17) is 19.0 Å². The van der Waals surface area contributed by atoms with Gasteiger partial charge in [-0.25, -0.2) is 0 Å². The Morgan fingerprint density at radius 2 is 2.23 bits per heavy atom. The zero-order valence-electron chi connectivity index (χ0n) is 15.9. The highest BCUT2D eigenvalue weighted by Crippen LogP contribution is 2.43. The lowest BCUT2D eigenvalue weighted by Gasteiger charge is -2.43. The summed E-state index contributed by atoms with van der Waals surface area (Å²) in [5.41, 5.74) is -0.298. The summed E-state index contributed by atoms with van der Waals surface area (Å²) in [5, 5.41) is 9.00. The number of rotatable bonds is 7. The minimum atomic E-state index is -0.298. The highest BCUT2D eigenvalue weighted by atomic mass is 16.5. The summed E-state index contributed by atoms with van der Waals surface area (Å²) < 4.78 is 17.4. The molecule has 2 aliphatic rings. The fraction of sp³-hybridized carbons (Fsp3) is 0.737. The van der Waals surface area contributed by atoms with Gasteiger partial charge in [0.1, 0.15) is 5.76 Å². The molecule has 26 heavy (non-hydrogen) atoms. The van der Waals surface area contributed by atoms with Crippen molar-refractivity contribution in [1.29, 1.82) is 0 Å². The summed E-state index contributed by atoms with van der Waals surface area (Å²) in [6, 6.07) is 3.59. The maximum Gasteiger partial charge on any atom is 0.289 e. The summed E-state index contributed by atoms with van der Waals surface area (Å²) in [4.78, 5) is 17.0. The molecule has 1 aliphatic heterocycles. The molecule has 1 aliphatic carbocycles. The Bertz CT molecular complexity index is 617. The Hall–Kier alpha value is -1.41. The van der Waals surface area contributed by atoms with Gasteiger partial charge in [-0.05, 0) is 51.9 Å². The first-order valence-electron chi connectivity index (χ1n) is 9.31. The van der Waals surface area contributed by atoms with Crippen molar-refractivity contribution in [3.8, 4) is 0 Å². The number of aliphatic hydroxyl groups is 1. The van der Waals surface area contributed by atoms with Crippen LogP contribution in [-0.2, 0) is 16.0 Å². The van der Waals surface area contributed by atoms with Crippen molar-refractivity contribution in [1.82, 2.24) is 9.80 Å². The van der Waals surface area contributed by atoms with Crippen molar-refractivity contribution in [2.24, 2.45) is 0 Å². The van der Waals surface area contributed by atoms with Crippen LogP contribution in [0.3, 0.4) is 0 Å². The maximum atomic E-state index is 13.1. The topological polar surface area (TPSA) is 75.4 Å². The van der Waals surface area contributed by atoms with Gasteiger partial charge in [0.05, 0.1) is 37.5 Å². The standard InChI is InChI=1S/C19H30N2O5/c1-20(2)13-15-4-5-16(26-15)18(23)21-9-8-19(24-3)7-6-14(12-17(19)21)25-11-10-22/h4-5,14,17,22H,6-13H2,1-3H3/t14-,17-,19+/m0/s1. The summed E-state index contributed by atoms with van der Waals surface area (Å²) in [6.07, 6.45) is 3.35. The second-order valence-electron chi connectivity index (χ2n) is 7.53. The molecule has 0 radical (unpaired) electrons. The molecule has 1 N–H and O–H groups in total. The molecule has 0 aromatic carbocycles. The zero-order valence-corrected chi connectivity index (χ0v) is 15.9. The lowest BCUT2D eigenvalue weighted by molar-refractivity contribution is -0.0993. The molecule has 2 fully saturated rings. The third-order valence-electron chi connectivity index (χ3n) is 5.59. The molecule has 1 aromatic rings. The van der Waals surface area contributed by atoms with Crippen LogP contribution in [0.25, 0.3) is 0 Å². The van der Waals surface area contributed by atoms with Crippen molar-refractivity contribution in [3.05, 3.63) is 23.7 Å². The minimum Gasteiger partial charge on any atom is -0.455 e. The molecule has 3 atom stereocenters. The molecule has 3 rings (SSSR count). The van der Waals surface area contributed by atoms with E-state index >= 15 is 0 Å². The zero-order chi connectivity index (χ0) is 18.7. The Balaban J connectivity index is 1.74. The van der Waals surface area contributed by atoms with Gasteiger partial charge in [0.15, 0.2) is 5.76 Å². The van der Waals surface area contributed by atoms with Gasteiger partial charge in [-0.1, -0.05) is 0 Å². The monoisotopic (exact) mass is 366 g/mol. The van der Waals surface area contributed by atoms with E-state index in [1.165, 1.54) is 0 Å². The number of methoxy groups -OCH3 is 1. The number of ether oxygens (including phenoxy) is 2. The Morgan fingerprint density at radius 3 is 2.92 bits per heavy atom. The molecule has 146 valence electrons. The van der Waals surface area contributed by atoms with Crippen LogP contribution in [0.2, 0.25) is 0 Å². The second kappa shape index (κ2) is 8.08. The number of likely N-dealkylation sites (tertiary alicyclic amines) is 1. The Kier molecular flexibility index (Phi) is 6.02. The number of carbonyl (C=O) groups is 1. The van der Waals surface area contributed by atoms with Crippen LogP contribution in [-0.4, -0.2) is 79.5 Å². The molecule has 7 heteroatoms. The van der Waals surface area contributed by atoms with Gasteiger partial charge in [0.25, 0.3) is 5.91 Å². The number of amides is 1. The van der Waals surface area contributed by atoms with Crippen LogP contribution >= 0.6 is 0 Å². The molecule has 0 spiro atoms. The lowest BCUT2D eigenvalue weighted by atomic mass is 9.79. The summed E-state index contributed by atoms with van der Waals surface area (Å²) in [5.74, 6) is 1.08. The van der Waals surface area contributed by atoms with Crippen LogP contribution in [0, 0.1) is 0 Å². The van der Waals surface area contributed by atoms with E-state index in [9.17, 15) is 4.79 Å². The average molecular weight is 366 g/mol. The normalized spacial score (nSPS) is 28.6. The molecule has 0 unspecified atom stereocenters. The number of nitrogens with zero attached hydrogens (tertiary/aromatic N) is 2. The van der Waals surface area contributed by atoms with E-state index in [-0.39, 0.29) is 30.3 Å². The number of fused-ring (bicyclic) bond motifs is 1. The van der Waals surface area contributed by atoms with Crippen molar-refractivity contribution >= 4 is 5.91 Å². The fourth-order valence-corrected chi connectivity index (χ4v) is 4.31. The molecule has 1 amide bonds. The van der Waals surface area contributed by atoms with E-state index in [1.54, 1.807) is 13.2 Å². The first kappa shape index (κ1) is 19.4. The predicted octanol–water partition coefficient (Wildman–Crippen LogP) is 1.50.